The average Bonchev–Trinajstić information content (AvgIpc) is 2.43. The van der Waals surface area contributed by atoms with Crippen LogP contribution in [0.4, 0.5) is 20.2 Å². The number of aromatic nitrogens is 1. The number of carbonyl (C=O) groups is 1. The molecule has 0 saturated heterocycles. The fourth-order valence-corrected chi connectivity index (χ4v) is 1.41. The van der Waals surface area contributed by atoms with Crippen LogP contribution < -0.4 is 16.6 Å². The second-order valence-electron chi connectivity index (χ2n) is 3.63. The summed E-state index contributed by atoms with van der Waals surface area (Å²) in [6.07, 6.45) is 1.33. The third-order valence-electron chi connectivity index (χ3n) is 2.36. The zero-order chi connectivity index (χ0) is 13.8. The highest BCUT2D eigenvalue weighted by Crippen LogP contribution is 2.18. The molecule has 2 rings (SSSR count). The molecule has 7 heteroatoms. The quantitative estimate of drug-likeness (QED) is 0.584. The van der Waals surface area contributed by atoms with E-state index in [1.54, 1.807) is 0 Å². The Bertz CT molecular complexity index is 581. The van der Waals surface area contributed by atoms with Crippen molar-refractivity contribution in [1.29, 1.82) is 0 Å². The Morgan fingerprint density at radius 1 is 1.16 bits per heavy atom. The number of anilines is 2. The van der Waals surface area contributed by atoms with E-state index >= 15 is 0 Å². The van der Waals surface area contributed by atoms with Gasteiger partial charge in [0.2, 0.25) is 0 Å². The largest absolute Gasteiger partial charge is 0.323 e. The van der Waals surface area contributed by atoms with Gasteiger partial charge in [-0.25, -0.2) is 13.8 Å². The standard InChI is InChI=1S/C12H10F2N4O/c13-8-2-1-3-9(14)11(8)17-12(19)10-5-4-7(18-15)6-16-10/h1-6,18H,15H2,(H,17,19). The molecule has 1 aromatic carbocycles. The second kappa shape index (κ2) is 5.40. The number of hydrazine groups is 1. The van der Waals surface area contributed by atoms with Gasteiger partial charge in [0, 0.05) is 0 Å². The van der Waals surface area contributed by atoms with Crippen molar-refractivity contribution < 1.29 is 13.6 Å². The minimum atomic E-state index is -0.853. The Kier molecular flexibility index (Phi) is 3.67. The number of nitrogens with two attached hydrogens (primary N) is 1. The van der Waals surface area contributed by atoms with Gasteiger partial charge in [-0.3, -0.25) is 10.6 Å². The number of nitrogen functional groups attached to an aromatic ring is 1. The molecule has 98 valence electrons. The van der Waals surface area contributed by atoms with Crippen LogP contribution in [-0.4, -0.2) is 10.9 Å². The average molecular weight is 264 g/mol. The van der Waals surface area contributed by atoms with E-state index in [1.807, 2.05) is 0 Å². The van der Waals surface area contributed by atoms with Crippen molar-refractivity contribution in [3.8, 4) is 0 Å². The van der Waals surface area contributed by atoms with E-state index < -0.39 is 23.2 Å². The maximum Gasteiger partial charge on any atom is 0.274 e. The van der Waals surface area contributed by atoms with Gasteiger partial charge in [0.15, 0.2) is 0 Å². The highest BCUT2D eigenvalue weighted by atomic mass is 19.1. The first-order valence-electron chi connectivity index (χ1n) is 5.30. The molecule has 2 aromatic rings. The smallest absolute Gasteiger partial charge is 0.274 e. The Balaban J connectivity index is 2.20. The van der Waals surface area contributed by atoms with Crippen molar-refractivity contribution in [2.75, 3.05) is 10.7 Å². The van der Waals surface area contributed by atoms with Crippen molar-refractivity contribution in [3.05, 3.63) is 53.9 Å². The van der Waals surface area contributed by atoms with E-state index in [2.05, 4.69) is 15.7 Å². The van der Waals surface area contributed by atoms with Crippen LogP contribution in [0, 0.1) is 11.6 Å². The van der Waals surface area contributed by atoms with E-state index in [9.17, 15) is 13.6 Å². The van der Waals surface area contributed by atoms with Gasteiger partial charge >= 0.3 is 0 Å². The van der Waals surface area contributed by atoms with Gasteiger partial charge in [-0.2, -0.15) is 0 Å². The number of halogens is 2. The van der Waals surface area contributed by atoms with E-state index in [-0.39, 0.29) is 5.69 Å². The molecule has 0 atom stereocenters. The lowest BCUT2D eigenvalue weighted by atomic mass is 10.2. The van der Waals surface area contributed by atoms with Gasteiger partial charge in [0.05, 0.1) is 11.9 Å². The Morgan fingerprint density at radius 2 is 1.84 bits per heavy atom. The zero-order valence-corrected chi connectivity index (χ0v) is 9.65. The number of nitrogens with one attached hydrogen (secondary N) is 2. The number of benzene rings is 1. The van der Waals surface area contributed by atoms with Crippen LogP contribution in [0.15, 0.2) is 36.5 Å². The molecule has 0 bridgehead atoms. The zero-order valence-electron chi connectivity index (χ0n) is 9.65. The summed E-state index contributed by atoms with van der Waals surface area (Å²) in [6, 6.07) is 6.20. The lowest BCUT2D eigenvalue weighted by Crippen LogP contribution is -2.16. The number of nitrogens with zero attached hydrogens (tertiary/aromatic N) is 1. The monoisotopic (exact) mass is 264 g/mol. The predicted octanol–water partition coefficient (Wildman–Crippen LogP) is 1.90. The Labute approximate surface area is 107 Å². The van der Waals surface area contributed by atoms with E-state index in [1.165, 1.54) is 24.4 Å². The van der Waals surface area contributed by atoms with Crippen LogP contribution in [0.1, 0.15) is 10.5 Å². The second-order valence-corrected chi connectivity index (χ2v) is 3.63. The molecule has 0 aliphatic heterocycles. The van der Waals surface area contributed by atoms with E-state index in [4.69, 9.17) is 5.84 Å². The maximum absolute atomic E-state index is 13.3. The third-order valence-corrected chi connectivity index (χ3v) is 2.36. The lowest BCUT2D eigenvalue weighted by Gasteiger charge is -2.07. The van der Waals surface area contributed by atoms with Gasteiger partial charge in [-0.15, -0.1) is 0 Å². The molecule has 0 saturated carbocycles. The summed E-state index contributed by atoms with van der Waals surface area (Å²) in [7, 11) is 0. The first kappa shape index (κ1) is 12.9. The number of rotatable bonds is 3. The fourth-order valence-electron chi connectivity index (χ4n) is 1.41. The first-order valence-corrected chi connectivity index (χ1v) is 5.30. The van der Waals surface area contributed by atoms with Crippen LogP contribution >= 0.6 is 0 Å². The topological polar surface area (TPSA) is 80.0 Å². The summed E-state index contributed by atoms with van der Waals surface area (Å²) in [5.41, 5.74) is 2.37. The summed E-state index contributed by atoms with van der Waals surface area (Å²) >= 11 is 0. The minimum Gasteiger partial charge on any atom is -0.323 e. The SMILES string of the molecule is NNc1ccc(C(=O)Nc2c(F)cccc2F)nc1. The Morgan fingerprint density at radius 3 is 2.37 bits per heavy atom. The molecule has 1 aromatic heterocycles. The molecule has 4 N–H and O–H groups in total. The van der Waals surface area contributed by atoms with E-state index in [0.717, 1.165) is 12.1 Å². The molecule has 0 radical (unpaired) electrons. The minimum absolute atomic E-state index is 0.0154. The van der Waals surface area contributed by atoms with Crippen molar-refractivity contribution in [1.82, 2.24) is 4.98 Å². The molecule has 0 aliphatic carbocycles. The summed E-state index contributed by atoms with van der Waals surface area (Å²) in [5, 5.41) is 2.13. The molecule has 19 heavy (non-hydrogen) atoms. The van der Waals surface area contributed by atoms with Gasteiger partial charge in [0.25, 0.3) is 5.91 Å². The molecule has 1 heterocycles. The van der Waals surface area contributed by atoms with Crippen molar-refractivity contribution in [3.63, 3.8) is 0 Å². The molecule has 0 spiro atoms. The van der Waals surface area contributed by atoms with Crippen molar-refractivity contribution in [2.24, 2.45) is 5.84 Å². The number of pyridine rings is 1. The molecule has 1 amide bonds. The lowest BCUT2D eigenvalue weighted by molar-refractivity contribution is 0.102. The highest BCUT2D eigenvalue weighted by Gasteiger charge is 2.14. The van der Waals surface area contributed by atoms with Crippen molar-refractivity contribution >= 4 is 17.3 Å². The third kappa shape index (κ3) is 2.83. The summed E-state index contributed by atoms with van der Waals surface area (Å²) in [5.74, 6) is 2.73. The molecule has 0 aliphatic rings. The molecular weight excluding hydrogens is 254 g/mol. The van der Waals surface area contributed by atoms with E-state index in [0.29, 0.717) is 5.69 Å². The number of para-hydroxylation sites is 1. The predicted molar refractivity (Wildman–Crippen MR) is 66.4 cm³/mol. The fraction of sp³-hybridized carbons (Fsp3) is 0. The molecule has 5 nitrogen and oxygen atoms in total. The van der Waals surface area contributed by atoms with Crippen LogP contribution in [0.5, 0.6) is 0 Å². The number of hydrogen-bond acceptors (Lipinski definition) is 4. The summed E-state index contributed by atoms with van der Waals surface area (Å²) < 4.78 is 26.7. The number of hydrogen-bond donors (Lipinski definition) is 3. The first-order chi connectivity index (χ1) is 9.11. The summed E-state index contributed by atoms with van der Waals surface area (Å²) in [6.45, 7) is 0. The summed E-state index contributed by atoms with van der Waals surface area (Å²) in [4.78, 5) is 15.6. The van der Waals surface area contributed by atoms with Gasteiger partial charge in [-0.05, 0) is 24.3 Å². The van der Waals surface area contributed by atoms with Crippen LogP contribution in [0.3, 0.4) is 0 Å². The van der Waals surface area contributed by atoms with Crippen LogP contribution in [0.2, 0.25) is 0 Å². The highest BCUT2D eigenvalue weighted by molar-refractivity contribution is 6.03. The van der Waals surface area contributed by atoms with Gasteiger partial charge in [0.1, 0.15) is 23.0 Å². The molecular formula is C12H10F2N4O. The number of carbonyl (C=O) groups excluding carboxylic acids is 1. The van der Waals surface area contributed by atoms with Crippen LogP contribution in [0.25, 0.3) is 0 Å². The normalized spacial score (nSPS) is 10.1. The molecule has 0 fully saturated rings. The van der Waals surface area contributed by atoms with Gasteiger partial charge < -0.3 is 10.7 Å². The van der Waals surface area contributed by atoms with Gasteiger partial charge in [-0.1, -0.05) is 6.07 Å². The maximum atomic E-state index is 13.3. The Hall–Kier alpha value is -2.54. The number of amides is 1. The van der Waals surface area contributed by atoms with Crippen molar-refractivity contribution in [2.45, 2.75) is 0 Å². The molecule has 0 unspecified atom stereocenters. The van der Waals surface area contributed by atoms with Crippen LogP contribution in [-0.2, 0) is 0 Å².